The van der Waals surface area contributed by atoms with Gasteiger partial charge in [-0.15, -0.1) is 0 Å². The molecular formula is C13H18N4. The van der Waals surface area contributed by atoms with E-state index in [-0.39, 0.29) is 0 Å². The third-order valence-corrected chi connectivity index (χ3v) is 2.95. The third kappa shape index (κ3) is 2.91. The average molecular weight is 230 g/mol. The minimum absolute atomic E-state index is 0.312. The molecule has 90 valence electrons. The molecule has 1 aromatic heterocycles. The zero-order chi connectivity index (χ0) is 12.3. The van der Waals surface area contributed by atoms with Gasteiger partial charge in [0.2, 0.25) is 0 Å². The predicted octanol–water partition coefficient (Wildman–Crippen LogP) is 1.97. The fourth-order valence-corrected chi connectivity index (χ4v) is 1.70. The summed E-state index contributed by atoms with van der Waals surface area (Å²) in [6, 6.07) is 8.89. The molecule has 0 bridgehead atoms. The molecule has 0 fully saturated rings. The highest BCUT2D eigenvalue weighted by atomic mass is 15.3. The molecule has 1 atom stereocenters. The van der Waals surface area contributed by atoms with E-state index in [1.54, 1.807) is 11.0 Å². The van der Waals surface area contributed by atoms with Gasteiger partial charge in [0.15, 0.2) is 0 Å². The van der Waals surface area contributed by atoms with Gasteiger partial charge in [-0.3, -0.25) is 4.68 Å². The molecule has 0 spiro atoms. The Kier molecular flexibility index (Phi) is 3.54. The molecule has 4 nitrogen and oxygen atoms in total. The van der Waals surface area contributed by atoms with Crippen LogP contribution in [0.25, 0.3) is 0 Å². The molecule has 2 aromatic rings. The quantitative estimate of drug-likeness (QED) is 0.873. The van der Waals surface area contributed by atoms with Crippen LogP contribution in [0.4, 0.5) is 0 Å². The molecule has 0 amide bonds. The van der Waals surface area contributed by atoms with E-state index in [1.165, 1.54) is 11.1 Å². The molecule has 0 radical (unpaired) electrons. The molecule has 0 aliphatic heterocycles. The van der Waals surface area contributed by atoms with Gasteiger partial charge >= 0.3 is 0 Å². The first-order valence-corrected chi connectivity index (χ1v) is 5.79. The van der Waals surface area contributed by atoms with Crippen LogP contribution in [0.5, 0.6) is 0 Å². The topological polar surface area (TPSA) is 42.7 Å². The van der Waals surface area contributed by atoms with Crippen LogP contribution in [0.1, 0.15) is 29.9 Å². The van der Waals surface area contributed by atoms with Crippen molar-refractivity contribution in [3.05, 3.63) is 47.5 Å². The van der Waals surface area contributed by atoms with Crippen LogP contribution in [0.3, 0.4) is 0 Å². The largest absolute Gasteiger partial charge is 0.303 e. The van der Waals surface area contributed by atoms with Gasteiger partial charge in [0.1, 0.15) is 12.2 Å². The number of aryl methyl sites for hydroxylation is 2. The highest BCUT2D eigenvalue weighted by Gasteiger charge is 2.06. The average Bonchev–Trinajstić information content (AvgIpc) is 2.73. The molecule has 0 saturated carbocycles. The first kappa shape index (κ1) is 11.8. The summed E-state index contributed by atoms with van der Waals surface area (Å²) in [6.45, 7) is 4.98. The van der Waals surface area contributed by atoms with Crippen LogP contribution in [0.2, 0.25) is 0 Å². The predicted molar refractivity (Wildman–Crippen MR) is 67.4 cm³/mol. The molecule has 1 aromatic carbocycles. The van der Waals surface area contributed by atoms with Gasteiger partial charge in [0.25, 0.3) is 0 Å². The summed E-state index contributed by atoms with van der Waals surface area (Å²) in [5.41, 5.74) is 2.58. The molecule has 0 saturated heterocycles. The van der Waals surface area contributed by atoms with Crippen molar-refractivity contribution in [2.75, 3.05) is 0 Å². The van der Waals surface area contributed by atoms with E-state index in [1.807, 2.05) is 7.05 Å². The zero-order valence-electron chi connectivity index (χ0n) is 10.5. The lowest BCUT2D eigenvalue weighted by molar-refractivity contribution is 0.540. The SMILES string of the molecule is Cc1ccc(C(C)NCc2ncnn2C)cc1. The minimum Gasteiger partial charge on any atom is -0.303 e. The molecule has 0 aliphatic carbocycles. The Morgan fingerprint density at radius 3 is 2.59 bits per heavy atom. The van der Waals surface area contributed by atoms with Gasteiger partial charge in [0, 0.05) is 13.1 Å². The summed E-state index contributed by atoms with van der Waals surface area (Å²) in [5, 5.41) is 7.48. The van der Waals surface area contributed by atoms with Gasteiger partial charge in [-0.05, 0) is 19.4 Å². The van der Waals surface area contributed by atoms with Crippen LogP contribution in [-0.4, -0.2) is 14.8 Å². The zero-order valence-corrected chi connectivity index (χ0v) is 10.5. The normalized spacial score (nSPS) is 12.6. The maximum absolute atomic E-state index is 4.18. The molecular weight excluding hydrogens is 212 g/mol. The van der Waals surface area contributed by atoms with Crippen molar-refractivity contribution in [3.8, 4) is 0 Å². The lowest BCUT2D eigenvalue weighted by Crippen LogP contribution is -2.20. The van der Waals surface area contributed by atoms with Crippen molar-refractivity contribution < 1.29 is 0 Å². The van der Waals surface area contributed by atoms with Crippen molar-refractivity contribution in [2.24, 2.45) is 7.05 Å². The van der Waals surface area contributed by atoms with E-state index in [0.29, 0.717) is 6.04 Å². The minimum atomic E-state index is 0.312. The molecule has 1 heterocycles. The Balaban J connectivity index is 1.95. The van der Waals surface area contributed by atoms with Crippen LogP contribution in [0, 0.1) is 6.92 Å². The van der Waals surface area contributed by atoms with Gasteiger partial charge in [-0.25, -0.2) is 4.98 Å². The van der Waals surface area contributed by atoms with E-state index in [0.717, 1.165) is 12.4 Å². The summed E-state index contributed by atoms with van der Waals surface area (Å²) < 4.78 is 1.79. The van der Waals surface area contributed by atoms with Crippen LogP contribution >= 0.6 is 0 Å². The van der Waals surface area contributed by atoms with E-state index >= 15 is 0 Å². The highest BCUT2D eigenvalue weighted by Crippen LogP contribution is 2.13. The summed E-state index contributed by atoms with van der Waals surface area (Å²) >= 11 is 0. The number of nitrogens with zero attached hydrogens (tertiary/aromatic N) is 3. The van der Waals surface area contributed by atoms with Crippen LogP contribution in [-0.2, 0) is 13.6 Å². The van der Waals surface area contributed by atoms with Crippen molar-refractivity contribution in [1.29, 1.82) is 0 Å². The Hall–Kier alpha value is -1.68. The Morgan fingerprint density at radius 1 is 1.29 bits per heavy atom. The van der Waals surface area contributed by atoms with Crippen LogP contribution < -0.4 is 5.32 Å². The van der Waals surface area contributed by atoms with Crippen molar-refractivity contribution in [2.45, 2.75) is 26.4 Å². The summed E-state index contributed by atoms with van der Waals surface area (Å²) in [5.74, 6) is 0.948. The van der Waals surface area contributed by atoms with Crippen molar-refractivity contribution in [3.63, 3.8) is 0 Å². The maximum atomic E-state index is 4.18. The molecule has 17 heavy (non-hydrogen) atoms. The maximum Gasteiger partial charge on any atom is 0.140 e. The number of rotatable bonds is 4. The number of nitrogens with one attached hydrogen (secondary N) is 1. The van der Waals surface area contributed by atoms with Crippen molar-refractivity contribution in [1.82, 2.24) is 20.1 Å². The van der Waals surface area contributed by atoms with E-state index in [2.05, 4.69) is 53.5 Å². The molecule has 1 unspecified atom stereocenters. The lowest BCUT2D eigenvalue weighted by Gasteiger charge is -2.14. The number of benzene rings is 1. The molecule has 1 N–H and O–H groups in total. The number of hydrogen-bond donors (Lipinski definition) is 1. The fraction of sp³-hybridized carbons (Fsp3) is 0.385. The third-order valence-electron chi connectivity index (χ3n) is 2.95. The van der Waals surface area contributed by atoms with Gasteiger partial charge in [0.05, 0.1) is 6.54 Å². The van der Waals surface area contributed by atoms with Gasteiger partial charge < -0.3 is 5.32 Å². The Labute approximate surface area is 102 Å². The van der Waals surface area contributed by atoms with E-state index < -0.39 is 0 Å². The number of hydrogen-bond acceptors (Lipinski definition) is 3. The highest BCUT2D eigenvalue weighted by molar-refractivity contribution is 5.23. The van der Waals surface area contributed by atoms with E-state index in [4.69, 9.17) is 0 Å². The summed E-state index contributed by atoms with van der Waals surface area (Å²) in [6.07, 6.45) is 1.58. The van der Waals surface area contributed by atoms with Gasteiger partial charge in [-0.1, -0.05) is 29.8 Å². The van der Waals surface area contributed by atoms with Gasteiger partial charge in [-0.2, -0.15) is 5.10 Å². The molecule has 4 heteroatoms. The second-order valence-electron chi connectivity index (χ2n) is 4.31. The number of aromatic nitrogens is 3. The van der Waals surface area contributed by atoms with E-state index in [9.17, 15) is 0 Å². The lowest BCUT2D eigenvalue weighted by atomic mass is 10.1. The molecule has 0 aliphatic rings. The monoisotopic (exact) mass is 230 g/mol. The molecule has 2 rings (SSSR count). The smallest absolute Gasteiger partial charge is 0.140 e. The first-order chi connectivity index (χ1) is 8.16. The first-order valence-electron chi connectivity index (χ1n) is 5.79. The second-order valence-corrected chi connectivity index (χ2v) is 4.31. The fourth-order valence-electron chi connectivity index (χ4n) is 1.70. The standard InChI is InChI=1S/C13H18N4/c1-10-4-6-12(7-5-10)11(2)14-8-13-15-9-16-17(13)3/h4-7,9,11,14H,8H2,1-3H3. The van der Waals surface area contributed by atoms with Crippen LogP contribution in [0.15, 0.2) is 30.6 Å². The summed E-state index contributed by atoms with van der Waals surface area (Å²) in [7, 11) is 1.90. The Bertz CT molecular complexity index is 472. The summed E-state index contributed by atoms with van der Waals surface area (Å²) in [4.78, 5) is 4.18. The Morgan fingerprint density at radius 2 is 2.00 bits per heavy atom. The van der Waals surface area contributed by atoms with Crippen molar-refractivity contribution >= 4 is 0 Å². The second kappa shape index (κ2) is 5.10.